The third-order valence-electron chi connectivity index (χ3n) is 7.95. The summed E-state index contributed by atoms with van der Waals surface area (Å²) >= 11 is 8.26. The molecule has 0 aliphatic carbocycles. The first-order chi connectivity index (χ1) is 20.5. The van der Waals surface area contributed by atoms with Crippen LogP contribution in [0.15, 0.2) is 46.8 Å². The smallest absolute Gasteiger partial charge is 0.246 e. The van der Waals surface area contributed by atoms with Gasteiger partial charge in [0.2, 0.25) is 12.3 Å². The van der Waals surface area contributed by atoms with Crippen LogP contribution in [-0.2, 0) is 9.59 Å². The highest BCUT2D eigenvalue weighted by Gasteiger charge is 2.35. The van der Waals surface area contributed by atoms with Crippen molar-refractivity contribution in [2.24, 2.45) is 4.99 Å². The van der Waals surface area contributed by atoms with E-state index in [9.17, 15) is 18.4 Å². The number of carbonyl (C=O) groups is 2. The molecule has 1 N–H and O–H groups in total. The second-order valence-electron chi connectivity index (χ2n) is 10.8. The second-order valence-corrected chi connectivity index (χ2v) is 12.3. The molecule has 0 spiro atoms. The third kappa shape index (κ3) is 6.90. The van der Waals surface area contributed by atoms with E-state index in [-0.39, 0.29) is 34.7 Å². The molecule has 2 aromatic rings. The minimum atomic E-state index is -0.732. The van der Waals surface area contributed by atoms with E-state index >= 15 is 0 Å². The number of aliphatic hydroxyl groups is 1. The molecule has 0 bridgehead atoms. The molecule has 3 aliphatic heterocycles. The van der Waals surface area contributed by atoms with E-state index in [2.05, 4.69) is 28.3 Å². The number of anilines is 1. The van der Waals surface area contributed by atoms with E-state index in [0.717, 1.165) is 32.1 Å². The second kappa shape index (κ2) is 14.2. The summed E-state index contributed by atoms with van der Waals surface area (Å²) in [6.07, 6.45) is 2.05. The van der Waals surface area contributed by atoms with Crippen molar-refractivity contribution in [3.63, 3.8) is 0 Å². The molecular formula is C31H38ClF2N5O3S. The van der Waals surface area contributed by atoms with E-state index in [1.165, 1.54) is 30.0 Å². The lowest BCUT2D eigenvalue weighted by Gasteiger charge is -2.43. The fourth-order valence-corrected chi connectivity index (χ4v) is 7.24. The van der Waals surface area contributed by atoms with Gasteiger partial charge in [0.05, 0.1) is 16.8 Å². The van der Waals surface area contributed by atoms with Crippen LogP contribution in [0, 0.1) is 11.6 Å². The number of amides is 2. The molecule has 3 aliphatic rings. The number of thioether (sulfide) groups is 1. The molecule has 2 saturated heterocycles. The van der Waals surface area contributed by atoms with Crippen LogP contribution in [0.2, 0.25) is 5.02 Å². The Hall–Kier alpha value is -2.99. The number of aliphatic hydroxyl groups excluding tert-OH is 1. The third-order valence-corrected chi connectivity index (χ3v) is 9.58. The largest absolute Gasteiger partial charge is 0.390 e. The van der Waals surface area contributed by atoms with Crippen LogP contribution in [0.1, 0.15) is 26.3 Å². The number of fused-ring (bicyclic) bond motifs is 1. The lowest BCUT2D eigenvalue weighted by molar-refractivity contribution is -0.128. The molecule has 232 valence electrons. The number of hydrogen-bond donors (Lipinski definition) is 1. The maximum Gasteiger partial charge on any atom is 0.246 e. The summed E-state index contributed by atoms with van der Waals surface area (Å²) in [5.41, 5.74) is 1.82. The van der Waals surface area contributed by atoms with E-state index in [0.29, 0.717) is 52.9 Å². The molecule has 0 radical (unpaired) electrons. The Balaban J connectivity index is 0.000000530. The number of hydrogen-bond acceptors (Lipinski definition) is 6. The van der Waals surface area contributed by atoms with Gasteiger partial charge < -0.3 is 19.8 Å². The molecule has 8 nitrogen and oxygen atoms in total. The van der Waals surface area contributed by atoms with Crippen molar-refractivity contribution < 1.29 is 23.5 Å². The first kappa shape index (κ1) is 32.9. The summed E-state index contributed by atoms with van der Waals surface area (Å²) in [6, 6.07) is 4.89. The fourth-order valence-electron chi connectivity index (χ4n) is 5.59. The van der Waals surface area contributed by atoms with Crippen molar-refractivity contribution in [2.75, 3.05) is 57.0 Å². The number of rotatable bonds is 5. The van der Waals surface area contributed by atoms with Gasteiger partial charge >= 0.3 is 0 Å². The normalized spacial score (nSPS) is 21.0. The van der Waals surface area contributed by atoms with Crippen molar-refractivity contribution in [1.29, 1.82) is 0 Å². The van der Waals surface area contributed by atoms with Gasteiger partial charge in [-0.05, 0) is 44.7 Å². The van der Waals surface area contributed by atoms with Gasteiger partial charge in [0.1, 0.15) is 17.5 Å². The molecule has 2 fully saturated rings. The quantitative estimate of drug-likeness (QED) is 0.226. The Morgan fingerprint density at radius 3 is 2.44 bits per heavy atom. The molecule has 43 heavy (non-hydrogen) atoms. The summed E-state index contributed by atoms with van der Waals surface area (Å²) < 4.78 is 28.5. The number of β-amino-alcohol motifs (C(OH)–C–C–N with tert-alkyl or cyclic N) is 1. The van der Waals surface area contributed by atoms with Gasteiger partial charge in [0.15, 0.2) is 0 Å². The van der Waals surface area contributed by atoms with Crippen LogP contribution >= 0.6 is 23.4 Å². The number of nitrogens with zero attached hydrogens (tertiary/aromatic N) is 5. The molecule has 3 heterocycles. The Kier molecular flexibility index (Phi) is 10.9. The molecule has 12 heteroatoms. The zero-order valence-corrected chi connectivity index (χ0v) is 26.5. The highest BCUT2D eigenvalue weighted by atomic mass is 35.5. The van der Waals surface area contributed by atoms with Gasteiger partial charge in [-0.25, -0.2) is 8.78 Å². The van der Waals surface area contributed by atoms with Gasteiger partial charge in [-0.15, -0.1) is 11.8 Å². The van der Waals surface area contributed by atoms with Crippen molar-refractivity contribution in [2.45, 2.75) is 43.9 Å². The predicted octanol–water partition coefficient (Wildman–Crippen LogP) is 4.52. The average molecular weight is 634 g/mol. The summed E-state index contributed by atoms with van der Waals surface area (Å²) in [5.74, 6) is -0.334. The highest BCUT2D eigenvalue weighted by Crippen LogP contribution is 2.49. The number of amidine groups is 1. The summed E-state index contributed by atoms with van der Waals surface area (Å²) in [6.45, 7) is 14.0. The minimum absolute atomic E-state index is 0.0278. The van der Waals surface area contributed by atoms with Crippen molar-refractivity contribution in [1.82, 2.24) is 14.7 Å². The van der Waals surface area contributed by atoms with Crippen LogP contribution in [0.3, 0.4) is 0 Å². The maximum absolute atomic E-state index is 14.9. The molecular weight excluding hydrogens is 596 g/mol. The minimum Gasteiger partial charge on any atom is -0.390 e. The van der Waals surface area contributed by atoms with Crippen LogP contribution in [0.4, 0.5) is 14.5 Å². The number of benzene rings is 2. The number of likely N-dealkylation sites (tertiary alicyclic amines) is 1. The SMILES string of the molecule is C=CC(=O)N1CCN(C(=NC)c2cc(Cl)c(-c3ccc(F)cc3F)c3c2N(C=O)[C@H](C)CS3)[C@@H](C)C1.CCN1CC(O)C1. The summed E-state index contributed by atoms with van der Waals surface area (Å²) in [4.78, 5) is 37.3. The monoisotopic (exact) mass is 633 g/mol. The van der Waals surface area contributed by atoms with Gasteiger partial charge in [-0.1, -0.05) is 25.1 Å². The topological polar surface area (TPSA) is 79.7 Å². The first-order valence-electron chi connectivity index (χ1n) is 14.3. The number of likely N-dealkylation sites (N-methyl/N-ethyl adjacent to an activating group) is 1. The van der Waals surface area contributed by atoms with Crippen LogP contribution in [-0.4, -0.2) is 108 Å². The molecule has 2 atom stereocenters. The zero-order valence-electron chi connectivity index (χ0n) is 24.9. The van der Waals surface area contributed by atoms with Gasteiger partial charge in [0, 0.05) is 85.3 Å². The summed E-state index contributed by atoms with van der Waals surface area (Å²) in [7, 11) is 1.67. The Morgan fingerprint density at radius 1 is 1.19 bits per heavy atom. The van der Waals surface area contributed by atoms with E-state index < -0.39 is 11.6 Å². The fraction of sp³-hybridized carbons (Fsp3) is 0.452. The maximum atomic E-state index is 14.9. The molecule has 2 aromatic carbocycles. The van der Waals surface area contributed by atoms with Crippen molar-refractivity contribution >= 4 is 47.2 Å². The van der Waals surface area contributed by atoms with E-state index in [1.807, 2.05) is 13.8 Å². The highest BCUT2D eigenvalue weighted by molar-refractivity contribution is 7.99. The van der Waals surface area contributed by atoms with Crippen LogP contribution in [0.25, 0.3) is 11.1 Å². The predicted molar refractivity (Wildman–Crippen MR) is 169 cm³/mol. The molecule has 5 rings (SSSR count). The molecule has 0 aromatic heterocycles. The van der Waals surface area contributed by atoms with Gasteiger partial charge in [-0.2, -0.15) is 0 Å². The van der Waals surface area contributed by atoms with Gasteiger partial charge in [0.25, 0.3) is 0 Å². The first-order valence-corrected chi connectivity index (χ1v) is 15.6. The lowest BCUT2D eigenvalue weighted by Crippen LogP contribution is -2.55. The number of aliphatic imine (C=N–C) groups is 1. The molecule has 2 amide bonds. The van der Waals surface area contributed by atoms with Gasteiger partial charge in [-0.3, -0.25) is 19.5 Å². The lowest BCUT2D eigenvalue weighted by atomic mass is 9.98. The zero-order chi connectivity index (χ0) is 31.4. The Bertz CT molecular complexity index is 1400. The molecule has 0 unspecified atom stereocenters. The number of halogens is 3. The Labute approximate surface area is 261 Å². The van der Waals surface area contributed by atoms with Crippen molar-refractivity contribution in [3.05, 3.63) is 59.1 Å². The van der Waals surface area contributed by atoms with E-state index in [1.54, 1.807) is 22.9 Å². The molecule has 0 saturated carbocycles. The Morgan fingerprint density at radius 2 is 1.91 bits per heavy atom. The summed E-state index contributed by atoms with van der Waals surface area (Å²) in [5, 5.41) is 8.98. The van der Waals surface area contributed by atoms with Crippen LogP contribution < -0.4 is 4.90 Å². The van der Waals surface area contributed by atoms with Crippen LogP contribution in [0.5, 0.6) is 0 Å². The van der Waals surface area contributed by atoms with E-state index in [4.69, 9.17) is 16.7 Å². The number of piperazine rings is 1. The van der Waals surface area contributed by atoms with Crippen molar-refractivity contribution in [3.8, 4) is 11.1 Å². The standard InChI is InChI=1S/C26H27ClF2N4O2S.C5H11NO/c1-5-22(35)31-8-9-32(15(2)12-31)26(30-4)19-11-20(27)23(18-7-6-17(28)10-21(18)29)25-24(19)33(14-34)16(3)13-36-25;1-2-6-3-5(7)4-6/h5-7,10-11,14-16H,1,8-9,12-13H2,2-4H3;5,7H,2-4H2,1H3/t15-,16+;/m0./s1. The number of carbonyl (C=O) groups excluding carboxylic acids is 2. The average Bonchev–Trinajstić information content (AvgIpc) is 2.97.